The molecule has 0 saturated heterocycles. The van der Waals surface area contributed by atoms with Gasteiger partial charge < -0.3 is 10.1 Å². The molecule has 2 rings (SSSR count). The average molecular weight is 285 g/mol. The minimum Gasteiger partial charge on any atom is -0.424 e. The molecule has 1 aromatic heterocycles. The summed E-state index contributed by atoms with van der Waals surface area (Å²) in [7, 11) is 0. The lowest BCUT2D eigenvalue weighted by molar-refractivity contribution is 0.432. The van der Waals surface area contributed by atoms with Gasteiger partial charge in [0, 0.05) is 24.0 Å². The first-order chi connectivity index (χ1) is 10.0. The molecular weight excluding hydrogens is 262 g/mol. The van der Waals surface area contributed by atoms with Crippen LogP contribution in [0.4, 0.5) is 0 Å². The maximum atomic E-state index is 5.92. The van der Waals surface area contributed by atoms with Crippen LogP contribution in [0.15, 0.2) is 18.3 Å². The summed E-state index contributed by atoms with van der Waals surface area (Å²) in [5.41, 5.74) is 5.48. The zero-order valence-electron chi connectivity index (χ0n) is 13.4. The van der Waals surface area contributed by atoms with Gasteiger partial charge in [0.2, 0.25) is 0 Å². The van der Waals surface area contributed by atoms with E-state index in [2.05, 4.69) is 48.2 Å². The van der Waals surface area contributed by atoms with Crippen molar-refractivity contribution in [2.75, 3.05) is 6.54 Å². The molecule has 0 radical (unpaired) electrons. The van der Waals surface area contributed by atoms with Crippen LogP contribution in [0, 0.1) is 27.7 Å². The predicted octanol–water partition coefficient (Wildman–Crippen LogP) is 3.61. The van der Waals surface area contributed by atoms with Gasteiger partial charge >= 0.3 is 6.01 Å². The summed E-state index contributed by atoms with van der Waals surface area (Å²) in [6.07, 6.45) is 1.83. The summed E-state index contributed by atoms with van der Waals surface area (Å²) in [5, 5.41) is 3.28. The Kier molecular flexibility index (Phi) is 4.91. The average Bonchev–Trinajstić information content (AvgIpc) is 2.47. The van der Waals surface area contributed by atoms with Gasteiger partial charge in [0.1, 0.15) is 5.75 Å². The van der Waals surface area contributed by atoms with Crippen molar-refractivity contribution < 1.29 is 4.74 Å². The van der Waals surface area contributed by atoms with Crippen molar-refractivity contribution in [3.63, 3.8) is 0 Å². The SMILES string of the molecule is CCNCc1cnc(Oc2c(C)ccc(C)c2C)nc1C. The Balaban J connectivity index is 2.25. The van der Waals surface area contributed by atoms with E-state index in [1.165, 1.54) is 5.56 Å². The number of hydrogen-bond acceptors (Lipinski definition) is 4. The molecule has 0 aliphatic carbocycles. The Morgan fingerprint density at radius 3 is 2.48 bits per heavy atom. The van der Waals surface area contributed by atoms with Gasteiger partial charge in [-0.25, -0.2) is 4.98 Å². The van der Waals surface area contributed by atoms with Crippen LogP contribution in [0.3, 0.4) is 0 Å². The van der Waals surface area contributed by atoms with Gasteiger partial charge in [-0.15, -0.1) is 0 Å². The van der Waals surface area contributed by atoms with Crippen molar-refractivity contribution in [1.29, 1.82) is 0 Å². The van der Waals surface area contributed by atoms with Crippen molar-refractivity contribution in [2.24, 2.45) is 0 Å². The zero-order chi connectivity index (χ0) is 15.4. The van der Waals surface area contributed by atoms with Crippen LogP contribution in [0.1, 0.15) is 34.9 Å². The van der Waals surface area contributed by atoms with Gasteiger partial charge in [-0.05, 0) is 50.9 Å². The third-order valence-corrected chi connectivity index (χ3v) is 3.69. The number of nitrogens with one attached hydrogen (secondary N) is 1. The fraction of sp³-hybridized carbons (Fsp3) is 0.412. The molecule has 0 spiro atoms. The first-order valence-electron chi connectivity index (χ1n) is 7.30. The van der Waals surface area contributed by atoms with Crippen LogP contribution < -0.4 is 10.1 Å². The van der Waals surface area contributed by atoms with Gasteiger partial charge in [-0.2, -0.15) is 4.98 Å². The van der Waals surface area contributed by atoms with Crippen molar-refractivity contribution in [3.05, 3.63) is 46.3 Å². The summed E-state index contributed by atoms with van der Waals surface area (Å²) in [5.74, 6) is 0.855. The normalized spacial score (nSPS) is 10.7. The minimum absolute atomic E-state index is 0.407. The highest BCUT2D eigenvalue weighted by molar-refractivity contribution is 5.45. The third kappa shape index (κ3) is 3.58. The molecular formula is C17H23N3O. The van der Waals surface area contributed by atoms with Gasteiger partial charge in [-0.3, -0.25) is 0 Å². The number of rotatable bonds is 5. The first-order valence-corrected chi connectivity index (χ1v) is 7.30. The molecule has 0 saturated carbocycles. The molecule has 0 aliphatic heterocycles. The molecule has 21 heavy (non-hydrogen) atoms. The first kappa shape index (κ1) is 15.4. The van der Waals surface area contributed by atoms with Crippen molar-refractivity contribution in [1.82, 2.24) is 15.3 Å². The molecule has 4 heteroatoms. The van der Waals surface area contributed by atoms with E-state index < -0.39 is 0 Å². The summed E-state index contributed by atoms with van der Waals surface area (Å²) >= 11 is 0. The molecule has 0 atom stereocenters. The molecule has 0 unspecified atom stereocenters. The van der Waals surface area contributed by atoms with E-state index in [4.69, 9.17) is 4.74 Å². The summed E-state index contributed by atoms with van der Waals surface area (Å²) < 4.78 is 5.92. The van der Waals surface area contributed by atoms with Crippen molar-refractivity contribution in [3.8, 4) is 11.8 Å². The number of benzene rings is 1. The quantitative estimate of drug-likeness (QED) is 0.911. The van der Waals surface area contributed by atoms with Crippen molar-refractivity contribution in [2.45, 2.75) is 41.2 Å². The van der Waals surface area contributed by atoms with E-state index in [-0.39, 0.29) is 0 Å². The van der Waals surface area contributed by atoms with E-state index in [1.54, 1.807) is 0 Å². The Bertz CT molecular complexity index is 638. The predicted molar refractivity (Wildman–Crippen MR) is 84.9 cm³/mol. The fourth-order valence-electron chi connectivity index (χ4n) is 2.13. The molecule has 0 fully saturated rings. The molecule has 0 amide bonds. The molecule has 0 aliphatic rings. The Morgan fingerprint density at radius 1 is 1.10 bits per heavy atom. The fourth-order valence-corrected chi connectivity index (χ4v) is 2.13. The zero-order valence-corrected chi connectivity index (χ0v) is 13.4. The van der Waals surface area contributed by atoms with Crippen LogP contribution in [0.5, 0.6) is 11.8 Å². The Hall–Kier alpha value is -1.94. The maximum absolute atomic E-state index is 5.92. The lowest BCUT2D eigenvalue weighted by Gasteiger charge is -2.13. The summed E-state index contributed by atoms with van der Waals surface area (Å²) in [4.78, 5) is 8.79. The molecule has 0 bridgehead atoms. The summed E-state index contributed by atoms with van der Waals surface area (Å²) in [6, 6.07) is 4.57. The maximum Gasteiger partial charge on any atom is 0.322 e. The smallest absolute Gasteiger partial charge is 0.322 e. The number of aromatic nitrogens is 2. The topological polar surface area (TPSA) is 47.0 Å². The van der Waals surface area contributed by atoms with Crippen LogP contribution in [-0.4, -0.2) is 16.5 Å². The van der Waals surface area contributed by atoms with Crippen LogP contribution in [-0.2, 0) is 6.54 Å². The van der Waals surface area contributed by atoms with Crippen LogP contribution in [0.2, 0.25) is 0 Å². The second-order valence-corrected chi connectivity index (χ2v) is 5.30. The minimum atomic E-state index is 0.407. The molecule has 1 aromatic carbocycles. The molecule has 4 nitrogen and oxygen atoms in total. The molecule has 2 aromatic rings. The monoisotopic (exact) mass is 285 g/mol. The van der Waals surface area contributed by atoms with Gasteiger partial charge in [0.05, 0.1) is 0 Å². The van der Waals surface area contributed by atoms with E-state index >= 15 is 0 Å². The largest absolute Gasteiger partial charge is 0.424 e. The number of ether oxygens (including phenoxy) is 1. The van der Waals surface area contributed by atoms with Gasteiger partial charge in [0.25, 0.3) is 0 Å². The van der Waals surface area contributed by atoms with Crippen LogP contribution >= 0.6 is 0 Å². The van der Waals surface area contributed by atoms with E-state index in [0.717, 1.165) is 41.2 Å². The van der Waals surface area contributed by atoms with Crippen molar-refractivity contribution >= 4 is 0 Å². The summed E-state index contributed by atoms with van der Waals surface area (Å²) in [6.45, 7) is 11.9. The second kappa shape index (κ2) is 6.68. The highest BCUT2D eigenvalue weighted by Crippen LogP contribution is 2.29. The Morgan fingerprint density at radius 2 is 1.81 bits per heavy atom. The van der Waals surface area contributed by atoms with Crippen LogP contribution in [0.25, 0.3) is 0 Å². The standard InChI is InChI=1S/C17H23N3O/c1-6-18-9-15-10-19-17(20-14(15)5)21-16-12(3)8-7-11(2)13(16)4/h7-8,10,18H,6,9H2,1-5H3. The molecule has 112 valence electrons. The van der Waals surface area contributed by atoms with Gasteiger partial charge in [-0.1, -0.05) is 19.1 Å². The Labute approximate surface area is 126 Å². The van der Waals surface area contributed by atoms with E-state index in [0.29, 0.717) is 6.01 Å². The highest BCUT2D eigenvalue weighted by atomic mass is 16.5. The lowest BCUT2D eigenvalue weighted by atomic mass is 10.1. The number of nitrogens with zero attached hydrogens (tertiary/aromatic N) is 2. The third-order valence-electron chi connectivity index (χ3n) is 3.69. The number of hydrogen-bond donors (Lipinski definition) is 1. The molecule has 1 N–H and O–H groups in total. The lowest BCUT2D eigenvalue weighted by Crippen LogP contribution is -2.13. The highest BCUT2D eigenvalue weighted by Gasteiger charge is 2.10. The number of aryl methyl sites for hydroxylation is 3. The second-order valence-electron chi connectivity index (χ2n) is 5.30. The van der Waals surface area contributed by atoms with E-state index in [1.807, 2.05) is 20.0 Å². The molecule has 1 heterocycles. The van der Waals surface area contributed by atoms with E-state index in [9.17, 15) is 0 Å². The van der Waals surface area contributed by atoms with Gasteiger partial charge in [0.15, 0.2) is 0 Å².